The summed E-state index contributed by atoms with van der Waals surface area (Å²) in [5.74, 6) is 1.30. The largest absolute Gasteiger partial charge is 0.386 e. The first-order valence-corrected chi connectivity index (χ1v) is 8.31. The smallest absolute Gasteiger partial charge is 0.152 e. The molecule has 1 aliphatic rings. The molecule has 0 bridgehead atoms. The van der Waals surface area contributed by atoms with E-state index in [9.17, 15) is 5.11 Å². The molecule has 0 radical (unpaired) electrons. The Balaban J connectivity index is 1.99. The summed E-state index contributed by atoms with van der Waals surface area (Å²) in [6, 6.07) is 3.73. The highest BCUT2D eigenvalue weighted by Crippen LogP contribution is 2.30. The number of hydrogen-bond acceptors (Lipinski definition) is 6. The molecule has 1 saturated heterocycles. The Morgan fingerprint density at radius 2 is 2.25 bits per heavy atom. The van der Waals surface area contributed by atoms with Crippen molar-refractivity contribution < 1.29 is 9.84 Å². The fourth-order valence-corrected chi connectivity index (χ4v) is 3.37. The fourth-order valence-electron chi connectivity index (χ4n) is 3.37. The molecule has 3 aromatic rings. The van der Waals surface area contributed by atoms with Crippen molar-refractivity contribution in [2.24, 2.45) is 0 Å². The second-order valence-electron chi connectivity index (χ2n) is 6.46. The Morgan fingerprint density at radius 3 is 3.00 bits per heavy atom. The molecule has 3 N–H and O–H groups in total. The number of anilines is 1. The summed E-state index contributed by atoms with van der Waals surface area (Å²) in [4.78, 5) is 13.6. The van der Waals surface area contributed by atoms with Gasteiger partial charge in [0.15, 0.2) is 5.82 Å². The van der Waals surface area contributed by atoms with E-state index in [2.05, 4.69) is 21.5 Å². The van der Waals surface area contributed by atoms with Crippen LogP contribution < -0.4 is 5.73 Å². The number of aryl methyl sites for hydroxylation is 1. The van der Waals surface area contributed by atoms with Crippen molar-refractivity contribution in [3.05, 3.63) is 24.2 Å². The van der Waals surface area contributed by atoms with Crippen LogP contribution in [0, 0.1) is 0 Å². The molecule has 3 aromatic heterocycles. The number of aromatic nitrogens is 4. The molecule has 0 spiro atoms. The molecule has 0 amide bonds. The van der Waals surface area contributed by atoms with Crippen LogP contribution >= 0.6 is 0 Å². The third-order valence-electron chi connectivity index (χ3n) is 4.55. The monoisotopic (exact) mass is 327 g/mol. The minimum atomic E-state index is -0.880. The zero-order valence-electron chi connectivity index (χ0n) is 13.7. The third kappa shape index (κ3) is 2.40. The number of nitrogen functional groups attached to an aromatic ring is 1. The van der Waals surface area contributed by atoms with Gasteiger partial charge in [-0.3, -0.25) is 4.98 Å². The van der Waals surface area contributed by atoms with E-state index in [1.807, 2.05) is 12.1 Å². The number of pyridine rings is 2. The minimum Gasteiger partial charge on any atom is -0.386 e. The topological polar surface area (TPSA) is 99.1 Å². The van der Waals surface area contributed by atoms with Gasteiger partial charge in [0.2, 0.25) is 0 Å². The highest BCUT2D eigenvalue weighted by atomic mass is 16.5. The number of nitrogens with two attached hydrogens (primary N) is 1. The molecule has 0 saturated carbocycles. The van der Waals surface area contributed by atoms with E-state index in [1.165, 1.54) is 0 Å². The van der Waals surface area contributed by atoms with Crippen molar-refractivity contribution in [2.45, 2.75) is 38.3 Å². The van der Waals surface area contributed by atoms with Gasteiger partial charge in [-0.2, -0.15) is 0 Å². The highest BCUT2D eigenvalue weighted by molar-refractivity contribution is 6.04. The summed E-state index contributed by atoms with van der Waals surface area (Å²) in [7, 11) is 0. The van der Waals surface area contributed by atoms with Gasteiger partial charge >= 0.3 is 0 Å². The van der Waals surface area contributed by atoms with Crippen molar-refractivity contribution in [3.63, 3.8) is 0 Å². The number of fused-ring (bicyclic) bond motifs is 3. The van der Waals surface area contributed by atoms with E-state index in [0.717, 1.165) is 35.2 Å². The van der Waals surface area contributed by atoms with Crippen LogP contribution in [0.25, 0.3) is 22.1 Å². The van der Waals surface area contributed by atoms with Gasteiger partial charge in [-0.25, -0.2) is 9.97 Å². The van der Waals surface area contributed by atoms with E-state index in [-0.39, 0.29) is 0 Å². The molecule has 4 rings (SSSR count). The molecule has 1 atom stereocenters. The zero-order valence-corrected chi connectivity index (χ0v) is 13.7. The van der Waals surface area contributed by atoms with Crippen LogP contribution in [0.4, 0.5) is 5.82 Å². The Bertz CT molecular complexity index is 899. The number of aliphatic hydroxyl groups is 1. The SMILES string of the molecule is CCCc1nc2c(N)nc3cccnc3c2n1CC1(O)CCOC1. The quantitative estimate of drug-likeness (QED) is 0.756. The number of imidazole rings is 1. The molecule has 0 aliphatic carbocycles. The minimum absolute atomic E-state index is 0.337. The lowest BCUT2D eigenvalue weighted by Gasteiger charge is -2.23. The number of hydrogen-bond donors (Lipinski definition) is 2. The van der Waals surface area contributed by atoms with Crippen LogP contribution in [0.2, 0.25) is 0 Å². The summed E-state index contributed by atoms with van der Waals surface area (Å²) in [5, 5.41) is 10.8. The average Bonchev–Trinajstić information content (AvgIpc) is 3.14. The number of rotatable bonds is 4. The molecule has 7 nitrogen and oxygen atoms in total. The first-order valence-electron chi connectivity index (χ1n) is 8.31. The lowest BCUT2D eigenvalue weighted by molar-refractivity contribution is 0.0121. The Hall–Kier alpha value is -2.25. The molecule has 126 valence electrons. The molecule has 1 unspecified atom stereocenters. The van der Waals surface area contributed by atoms with Crippen molar-refractivity contribution in [1.29, 1.82) is 0 Å². The predicted molar refractivity (Wildman–Crippen MR) is 91.6 cm³/mol. The molecule has 24 heavy (non-hydrogen) atoms. The van der Waals surface area contributed by atoms with Crippen LogP contribution in [0.3, 0.4) is 0 Å². The Kier molecular flexibility index (Phi) is 3.62. The average molecular weight is 327 g/mol. The zero-order chi connectivity index (χ0) is 16.7. The lowest BCUT2D eigenvalue weighted by atomic mass is 10.0. The first-order chi connectivity index (χ1) is 11.6. The molecule has 7 heteroatoms. The van der Waals surface area contributed by atoms with E-state index in [4.69, 9.17) is 15.5 Å². The number of nitrogens with zero attached hydrogens (tertiary/aromatic N) is 4. The van der Waals surface area contributed by atoms with Crippen LogP contribution in [0.15, 0.2) is 18.3 Å². The molecular weight excluding hydrogens is 306 g/mol. The predicted octanol–water partition coefficient (Wildman–Crippen LogP) is 1.67. The summed E-state index contributed by atoms with van der Waals surface area (Å²) in [5.41, 5.74) is 8.27. The summed E-state index contributed by atoms with van der Waals surface area (Å²) in [6.45, 7) is 3.45. The Labute approximate surface area is 139 Å². The van der Waals surface area contributed by atoms with Crippen molar-refractivity contribution in [1.82, 2.24) is 19.5 Å². The molecule has 1 fully saturated rings. The van der Waals surface area contributed by atoms with Crippen molar-refractivity contribution >= 4 is 27.9 Å². The normalized spacial score (nSPS) is 21.1. The third-order valence-corrected chi connectivity index (χ3v) is 4.55. The van der Waals surface area contributed by atoms with Crippen molar-refractivity contribution in [2.75, 3.05) is 18.9 Å². The summed E-state index contributed by atoms with van der Waals surface area (Å²) < 4.78 is 7.45. The van der Waals surface area contributed by atoms with E-state index in [0.29, 0.717) is 37.5 Å². The van der Waals surface area contributed by atoms with Crippen LogP contribution in [-0.4, -0.2) is 43.4 Å². The van der Waals surface area contributed by atoms with Crippen LogP contribution in [0.1, 0.15) is 25.6 Å². The van der Waals surface area contributed by atoms with Gasteiger partial charge in [-0.1, -0.05) is 6.92 Å². The maximum atomic E-state index is 10.8. The van der Waals surface area contributed by atoms with Crippen LogP contribution in [0.5, 0.6) is 0 Å². The van der Waals surface area contributed by atoms with Gasteiger partial charge in [-0.15, -0.1) is 0 Å². The van der Waals surface area contributed by atoms with Crippen LogP contribution in [-0.2, 0) is 17.7 Å². The van der Waals surface area contributed by atoms with Crippen molar-refractivity contribution in [3.8, 4) is 0 Å². The fraction of sp³-hybridized carbons (Fsp3) is 0.471. The Morgan fingerprint density at radius 1 is 1.38 bits per heavy atom. The highest BCUT2D eigenvalue weighted by Gasteiger charge is 2.34. The molecule has 1 aliphatic heterocycles. The second-order valence-corrected chi connectivity index (χ2v) is 6.46. The molecular formula is C17H21N5O2. The molecule has 4 heterocycles. The second kappa shape index (κ2) is 5.68. The van der Waals surface area contributed by atoms with Gasteiger partial charge in [0, 0.05) is 25.6 Å². The van der Waals surface area contributed by atoms with Gasteiger partial charge in [0.05, 0.1) is 18.7 Å². The van der Waals surface area contributed by atoms with E-state index in [1.54, 1.807) is 6.20 Å². The maximum absolute atomic E-state index is 10.8. The maximum Gasteiger partial charge on any atom is 0.152 e. The molecule has 0 aromatic carbocycles. The van der Waals surface area contributed by atoms with E-state index < -0.39 is 5.60 Å². The summed E-state index contributed by atoms with van der Waals surface area (Å²) in [6.07, 6.45) is 4.12. The number of ether oxygens (including phenoxy) is 1. The van der Waals surface area contributed by atoms with Gasteiger partial charge in [-0.05, 0) is 18.6 Å². The van der Waals surface area contributed by atoms with Gasteiger partial charge in [0.25, 0.3) is 0 Å². The first kappa shape index (κ1) is 15.3. The standard InChI is InChI=1S/C17H21N5O2/c1-2-4-12-21-14-15(22(12)9-17(23)6-8-24-10-17)13-11(20-16(14)18)5-3-7-19-13/h3,5,7,23H,2,4,6,8-10H2,1H3,(H2,18,20). The lowest BCUT2D eigenvalue weighted by Crippen LogP contribution is -2.35. The van der Waals surface area contributed by atoms with Gasteiger partial charge in [0.1, 0.15) is 28.0 Å². The van der Waals surface area contributed by atoms with E-state index >= 15 is 0 Å². The summed E-state index contributed by atoms with van der Waals surface area (Å²) >= 11 is 0. The van der Waals surface area contributed by atoms with Gasteiger partial charge < -0.3 is 20.1 Å².